The summed E-state index contributed by atoms with van der Waals surface area (Å²) in [6, 6.07) is 11.3. The van der Waals surface area contributed by atoms with Crippen molar-refractivity contribution in [3.8, 4) is 6.07 Å². The van der Waals surface area contributed by atoms with Crippen LogP contribution < -0.4 is 21.7 Å². The fourth-order valence-electron chi connectivity index (χ4n) is 2.20. The molecule has 0 spiro atoms. The molecule has 2 rings (SSSR count). The molecule has 0 aliphatic heterocycles. The van der Waals surface area contributed by atoms with Gasteiger partial charge in [-0.3, -0.25) is 14.9 Å². The van der Waals surface area contributed by atoms with Crippen LogP contribution >= 0.6 is 11.8 Å². The van der Waals surface area contributed by atoms with Crippen LogP contribution in [0.15, 0.2) is 41.4 Å². The molecule has 0 fully saturated rings. The molecule has 29 heavy (non-hydrogen) atoms. The number of para-hydroxylation sites is 1. The van der Waals surface area contributed by atoms with Crippen LogP contribution in [-0.4, -0.2) is 34.6 Å². The standard InChI is InChI=1S/C19H20N6O3S/c1-11(2)22-19(28)24-15(26)10-29-18-12(9-20)8-14(16(21)25-18)17(27)23-13-6-4-3-5-7-13/h3-8,11H,10H2,1-2H3,(H2,21,25)(H,23,27)(H2,22,24,26,28). The molecule has 9 nitrogen and oxygen atoms in total. The molecule has 0 bridgehead atoms. The maximum Gasteiger partial charge on any atom is 0.321 e. The van der Waals surface area contributed by atoms with Gasteiger partial charge in [0.1, 0.15) is 16.9 Å². The first-order valence-electron chi connectivity index (χ1n) is 8.60. The van der Waals surface area contributed by atoms with Gasteiger partial charge in [0.2, 0.25) is 5.91 Å². The number of amides is 4. The van der Waals surface area contributed by atoms with Gasteiger partial charge in [-0.1, -0.05) is 30.0 Å². The van der Waals surface area contributed by atoms with E-state index in [9.17, 15) is 19.6 Å². The number of nitriles is 1. The van der Waals surface area contributed by atoms with E-state index in [4.69, 9.17) is 5.73 Å². The third-order valence-corrected chi connectivity index (χ3v) is 4.42. The number of rotatable bonds is 6. The summed E-state index contributed by atoms with van der Waals surface area (Å²) in [6.45, 7) is 3.53. The summed E-state index contributed by atoms with van der Waals surface area (Å²) in [7, 11) is 0. The smallest absolute Gasteiger partial charge is 0.321 e. The summed E-state index contributed by atoms with van der Waals surface area (Å²) in [5, 5.41) is 16.9. The SMILES string of the molecule is CC(C)NC(=O)NC(=O)CSc1nc(N)c(C(=O)Nc2ccccc2)cc1C#N. The Hall–Kier alpha value is -3.58. The summed E-state index contributed by atoms with van der Waals surface area (Å²) in [5.74, 6) is -1.28. The van der Waals surface area contributed by atoms with Gasteiger partial charge >= 0.3 is 6.03 Å². The van der Waals surface area contributed by atoms with Crippen molar-refractivity contribution >= 4 is 41.1 Å². The topological polar surface area (TPSA) is 150 Å². The molecule has 0 radical (unpaired) electrons. The van der Waals surface area contributed by atoms with Crippen LogP contribution in [0.4, 0.5) is 16.3 Å². The zero-order chi connectivity index (χ0) is 21.4. The van der Waals surface area contributed by atoms with Crippen molar-refractivity contribution in [2.75, 3.05) is 16.8 Å². The molecule has 5 N–H and O–H groups in total. The number of thioether (sulfide) groups is 1. The fraction of sp³-hybridized carbons (Fsp3) is 0.211. The number of pyridine rings is 1. The highest BCUT2D eigenvalue weighted by Gasteiger charge is 2.18. The highest BCUT2D eigenvalue weighted by Crippen LogP contribution is 2.24. The summed E-state index contributed by atoms with van der Waals surface area (Å²) in [6.07, 6.45) is 0. The van der Waals surface area contributed by atoms with Crippen molar-refractivity contribution < 1.29 is 14.4 Å². The highest BCUT2D eigenvalue weighted by molar-refractivity contribution is 8.00. The third-order valence-electron chi connectivity index (χ3n) is 3.43. The third kappa shape index (κ3) is 6.51. The maximum atomic E-state index is 12.4. The van der Waals surface area contributed by atoms with E-state index in [-0.39, 0.29) is 33.8 Å². The van der Waals surface area contributed by atoms with Crippen LogP contribution in [0.25, 0.3) is 0 Å². The molecule has 0 saturated heterocycles. The number of anilines is 2. The number of carbonyl (C=O) groups excluding carboxylic acids is 3. The van der Waals surface area contributed by atoms with Crippen molar-refractivity contribution in [1.29, 1.82) is 5.26 Å². The van der Waals surface area contributed by atoms with E-state index in [1.165, 1.54) is 6.07 Å². The largest absolute Gasteiger partial charge is 0.383 e. The second kappa shape index (κ2) is 10.1. The number of carbonyl (C=O) groups is 3. The van der Waals surface area contributed by atoms with E-state index >= 15 is 0 Å². The number of nitrogen functional groups attached to an aromatic ring is 1. The molecule has 10 heteroatoms. The number of nitrogens with zero attached hydrogens (tertiary/aromatic N) is 2. The van der Waals surface area contributed by atoms with Gasteiger partial charge in [0.25, 0.3) is 5.91 Å². The lowest BCUT2D eigenvalue weighted by atomic mass is 10.2. The monoisotopic (exact) mass is 412 g/mol. The number of benzene rings is 1. The minimum Gasteiger partial charge on any atom is -0.383 e. The van der Waals surface area contributed by atoms with E-state index in [1.54, 1.807) is 38.1 Å². The quantitative estimate of drug-likeness (QED) is 0.531. The Balaban J connectivity index is 2.08. The summed E-state index contributed by atoms with van der Waals surface area (Å²) < 4.78 is 0. The first-order chi connectivity index (χ1) is 13.8. The fourth-order valence-corrected chi connectivity index (χ4v) is 2.96. The second-order valence-electron chi connectivity index (χ2n) is 6.17. The van der Waals surface area contributed by atoms with E-state index in [0.29, 0.717) is 5.69 Å². The van der Waals surface area contributed by atoms with Gasteiger partial charge in [0, 0.05) is 11.7 Å². The van der Waals surface area contributed by atoms with Gasteiger partial charge in [-0.25, -0.2) is 9.78 Å². The number of nitrogens with two attached hydrogens (primary N) is 1. The molecule has 1 heterocycles. The summed E-state index contributed by atoms with van der Waals surface area (Å²) >= 11 is 0.942. The number of aromatic nitrogens is 1. The first-order valence-corrected chi connectivity index (χ1v) is 9.59. The molecule has 0 aliphatic carbocycles. The number of hydrogen-bond acceptors (Lipinski definition) is 7. The van der Waals surface area contributed by atoms with Crippen molar-refractivity contribution in [3.63, 3.8) is 0 Å². The molecule has 0 unspecified atom stereocenters. The minimum absolute atomic E-state index is 0.0514. The van der Waals surface area contributed by atoms with Gasteiger partial charge < -0.3 is 16.4 Å². The Morgan fingerprint density at radius 1 is 1.24 bits per heavy atom. The maximum absolute atomic E-state index is 12.4. The molecule has 0 aliphatic rings. The molecule has 1 aromatic carbocycles. The summed E-state index contributed by atoms with van der Waals surface area (Å²) in [5.41, 5.74) is 6.61. The zero-order valence-electron chi connectivity index (χ0n) is 15.9. The Kier molecular flexibility index (Phi) is 7.56. The van der Waals surface area contributed by atoms with Crippen LogP contribution in [-0.2, 0) is 4.79 Å². The number of urea groups is 1. The Morgan fingerprint density at radius 2 is 1.93 bits per heavy atom. The molecule has 4 amide bonds. The molecule has 0 saturated carbocycles. The van der Waals surface area contributed by atoms with Crippen LogP contribution in [0.2, 0.25) is 0 Å². The van der Waals surface area contributed by atoms with Crippen molar-refractivity contribution in [1.82, 2.24) is 15.6 Å². The van der Waals surface area contributed by atoms with Gasteiger partial charge in [0.05, 0.1) is 16.9 Å². The molecule has 0 atom stereocenters. The summed E-state index contributed by atoms with van der Waals surface area (Å²) in [4.78, 5) is 39.9. The Labute approximate surface area is 172 Å². The normalized spacial score (nSPS) is 10.1. The first kappa shape index (κ1) is 21.7. The second-order valence-corrected chi connectivity index (χ2v) is 7.13. The Morgan fingerprint density at radius 3 is 2.55 bits per heavy atom. The van der Waals surface area contributed by atoms with Gasteiger partial charge in [0.15, 0.2) is 0 Å². The predicted molar refractivity (Wildman–Crippen MR) is 110 cm³/mol. The van der Waals surface area contributed by atoms with E-state index in [0.717, 1.165) is 11.8 Å². The number of hydrogen-bond donors (Lipinski definition) is 4. The lowest BCUT2D eigenvalue weighted by Crippen LogP contribution is -2.43. The molecule has 1 aromatic heterocycles. The molecule has 2 aromatic rings. The molecular formula is C19H20N6O3S. The Bertz CT molecular complexity index is 956. The average Bonchev–Trinajstić information content (AvgIpc) is 2.66. The van der Waals surface area contributed by atoms with E-state index < -0.39 is 17.8 Å². The number of nitrogens with one attached hydrogen (secondary N) is 3. The van der Waals surface area contributed by atoms with Crippen molar-refractivity contribution in [2.24, 2.45) is 0 Å². The lowest BCUT2D eigenvalue weighted by Gasteiger charge is -2.11. The van der Waals surface area contributed by atoms with Crippen molar-refractivity contribution in [2.45, 2.75) is 24.9 Å². The molecular weight excluding hydrogens is 392 g/mol. The van der Waals surface area contributed by atoms with Gasteiger partial charge in [-0.15, -0.1) is 0 Å². The predicted octanol–water partition coefficient (Wildman–Crippen LogP) is 2.11. The van der Waals surface area contributed by atoms with Crippen molar-refractivity contribution in [3.05, 3.63) is 47.5 Å². The highest BCUT2D eigenvalue weighted by atomic mass is 32.2. The van der Waals surface area contributed by atoms with Crippen LogP contribution in [0.3, 0.4) is 0 Å². The van der Waals surface area contributed by atoms with Crippen LogP contribution in [0.1, 0.15) is 29.8 Å². The van der Waals surface area contributed by atoms with E-state index in [1.807, 2.05) is 12.1 Å². The zero-order valence-corrected chi connectivity index (χ0v) is 16.7. The van der Waals surface area contributed by atoms with Crippen LogP contribution in [0.5, 0.6) is 0 Å². The van der Waals surface area contributed by atoms with E-state index in [2.05, 4.69) is 20.9 Å². The van der Waals surface area contributed by atoms with Gasteiger partial charge in [-0.2, -0.15) is 5.26 Å². The van der Waals surface area contributed by atoms with Crippen LogP contribution in [0, 0.1) is 11.3 Å². The van der Waals surface area contributed by atoms with Gasteiger partial charge in [-0.05, 0) is 32.0 Å². The molecule has 150 valence electrons. The minimum atomic E-state index is -0.605. The average molecular weight is 412 g/mol. The number of imide groups is 1. The lowest BCUT2D eigenvalue weighted by molar-refractivity contribution is -0.117.